The number of benzene rings is 2. The number of amides is 1. The molecule has 98 valence electrons. The molecular formula is C14H10Br2ClNO. The SMILES string of the molecule is Cc1ccc(Br)c(NC(=O)c2cc(Cl)ccc2Br)c1. The fraction of sp³-hybridized carbons (Fsp3) is 0.0714. The second-order valence-electron chi connectivity index (χ2n) is 4.06. The van der Waals surface area contributed by atoms with E-state index in [1.54, 1.807) is 18.2 Å². The molecule has 0 saturated carbocycles. The molecule has 0 radical (unpaired) electrons. The van der Waals surface area contributed by atoms with E-state index < -0.39 is 0 Å². The Morgan fingerprint density at radius 1 is 1.11 bits per heavy atom. The molecule has 5 heteroatoms. The molecule has 2 aromatic carbocycles. The van der Waals surface area contributed by atoms with Gasteiger partial charge in [-0.05, 0) is 74.7 Å². The van der Waals surface area contributed by atoms with Crippen molar-refractivity contribution < 1.29 is 4.79 Å². The highest BCUT2D eigenvalue weighted by atomic mass is 79.9. The van der Waals surface area contributed by atoms with Gasteiger partial charge in [-0.1, -0.05) is 17.7 Å². The third kappa shape index (κ3) is 3.59. The molecule has 0 bridgehead atoms. The first kappa shape index (κ1) is 14.6. The first-order valence-corrected chi connectivity index (χ1v) is 7.46. The molecule has 2 nitrogen and oxygen atoms in total. The van der Waals surface area contributed by atoms with E-state index in [4.69, 9.17) is 11.6 Å². The van der Waals surface area contributed by atoms with Crippen LogP contribution in [-0.2, 0) is 0 Å². The maximum atomic E-state index is 12.2. The van der Waals surface area contributed by atoms with E-state index in [0.717, 1.165) is 15.7 Å². The highest BCUT2D eigenvalue weighted by Crippen LogP contribution is 2.26. The molecule has 1 amide bonds. The van der Waals surface area contributed by atoms with Crippen LogP contribution in [0.15, 0.2) is 45.3 Å². The molecule has 0 aliphatic rings. The van der Waals surface area contributed by atoms with Gasteiger partial charge in [0.05, 0.1) is 11.3 Å². The smallest absolute Gasteiger partial charge is 0.256 e. The number of hydrogen-bond donors (Lipinski definition) is 1. The van der Waals surface area contributed by atoms with Gasteiger partial charge in [-0.3, -0.25) is 4.79 Å². The van der Waals surface area contributed by atoms with Crippen LogP contribution in [0.2, 0.25) is 5.02 Å². The summed E-state index contributed by atoms with van der Waals surface area (Å²) < 4.78 is 1.54. The van der Waals surface area contributed by atoms with Gasteiger partial charge in [0.25, 0.3) is 5.91 Å². The third-order valence-electron chi connectivity index (χ3n) is 2.54. The maximum Gasteiger partial charge on any atom is 0.256 e. The van der Waals surface area contributed by atoms with E-state index >= 15 is 0 Å². The number of aryl methyl sites for hydroxylation is 1. The second kappa shape index (κ2) is 6.07. The number of rotatable bonds is 2. The normalized spacial score (nSPS) is 10.3. The fourth-order valence-corrected chi connectivity index (χ4v) is 2.54. The van der Waals surface area contributed by atoms with E-state index in [0.29, 0.717) is 15.1 Å². The summed E-state index contributed by atoms with van der Waals surface area (Å²) in [6.07, 6.45) is 0. The zero-order valence-corrected chi connectivity index (χ0v) is 13.9. The highest BCUT2D eigenvalue weighted by molar-refractivity contribution is 9.11. The Hall–Kier alpha value is -0.840. The Labute approximate surface area is 133 Å². The Balaban J connectivity index is 2.30. The van der Waals surface area contributed by atoms with Crippen LogP contribution in [0.3, 0.4) is 0 Å². The molecule has 0 spiro atoms. The summed E-state index contributed by atoms with van der Waals surface area (Å²) >= 11 is 12.7. The quantitative estimate of drug-likeness (QED) is 0.712. The second-order valence-corrected chi connectivity index (χ2v) is 6.21. The summed E-state index contributed by atoms with van der Waals surface area (Å²) in [4.78, 5) is 12.2. The van der Waals surface area contributed by atoms with E-state index in [-0.39, 0.29) is 5.91 Å². The van der Waals surface area contributed by atoms with Crippen LogP contribution in [-0.4, -0.2) is 5.91 Å². The number of halogens is 3. The zero-order valence-electron chi connectivity index (χ0n) is 10.0. The molecule has 2 rings (SSSR count). The summed E-state index contributed by atoms with van der Waals surface area (Å²) in [5, 5.41) is 3.39. The minimum atomic E-state index is -0.208. The molecule has 1 N–H and O–H groups in total. The standard InChI is InChI=1S/C14H10Br2ClNO/c1-8-2-4-12(16)13(6-8)18-14(19)10-7-9(17)3-5-11(10)15/h2-7H,1H3,(H,18,19). The Morgan fingerprint density at radius 2 is 1.79 bits per heavy atom. The minimum absolute atomic E-state index is 0.208. The van der Waals surface area contributed by atoms with Crippen LogP contribution < -0.4 is 5.32 Å². The van der Waals surface area contributed by atoms with Crippen LogP contribution >= 0.6 is 43.5 Å². The van der Waals surface area contributed by atoms with E-state index in [9.17, 15) is 4.79 Å². The average Bonchev–Trinajstić information content (AvgIpc) is 2.36. The van der Waals surface area contributed by atoms with E-state index in [1.807, 2.05) is 25.1 Å². The number of hydrogen-bond acceptors (Lipinski definition) is 1. The summed E-state index contributed by atoms with van der Waals surface area (Å²) in [5.74, 6) is -0.208. The molecule has 19 heavy (non-hydrogen) atoms. The lowest BCUT2D eigenvalue weighted by atomic mass is 10.2. The third-order valence-corrected chi connectivity index (χ3v) is 4.16. The largest absolute Gasteiger partial charge is 0.321 e. The number of carbonyl (C=O) groups is 1. The molecular weight excluding hydrogens is 393 g/mol. The Morgan fingerprint density at radius 3 is 2.53 bits per heavy atom. The fourth-order valence-electron chi connectivity index (χ4n) is 1.60. The van der Waals surface area contributed by atoms with Crippen LogP contribution in [0.1, 0.15) is 15.9 Å². The van der Waals surface area contributed by atoms with E-state index in [2.05, 4.69) is 37.2 Å². The molecule has 0 fully saturated rings. The summed E-state index contributed by atoms with van der Waals surface area (Å²) in [5.41, 5.74) is 2.31. The lowest BCUT2D eigenvalue weighted by Crippen LogP contribution is -2.13. The molecule has 0 aromatic heterocycles. The maximum absolute atomic E-state index is 12.2. The first-order valence-electron chi connectivity index (χ1n) is 5.50. The van der Waals surface area contributed by atoms with Crippen molar-refractivity contribution in [1.29, 1.82) is 0 Å². The first-order chi connectivity index (χ1) is 8.97. The van der Waals surface area contributed by atoms with Gasteiger partial charge in [-0.2, -0.15) is 0 Å². The molecule has 0 unspecified atom stereocenters. The van der Waals surface area contributed by atoms with E-state index in [1.165, 1.54) is 0 Å². The predicted octanol–water partition coefficient (Wildman–Crippen LogP) is 5.43. The topological polar surface area (TPSA) is 29.1 Å². The molecule has 0 heterocycles. The molecule has 2 aromatic rings. The van der Waals surface area contributed by atoms with Gasteiger partial charge < -0.3 is 5.32 Å². The molecule has 0 aliphatic carbocycles. The zero-order chi connectivity index (χ0) is 14.0. The Kier molecular flexibility index (Phi) is 4.66. The van der Waals surface area contributed by atoms with Crippen molar-refractivity contribution in [2.75, 3.05) is 5.32 Å². The van der Waals surface area contributed by atoms with Gasteiger partial charge in [-0.25, -0.2) is 0 Å². The predicted molar refractivity (Wildman–Crippen MR) is 86.0 cm³/mol. The van der Waals surface area contributed by atoms with Crippen molar-refractivity contribution >= 4 is 55.1 Å². The average molecular weight is 404 g/mol. The van der Waals surface area contributed by atoms with Crippen molar-refractivity contribution in [3.8, 4) is 0 Å². The summed E-state index contributed by atoms with van der Waals surface area (Å²) in [7, 11) is 0. The van der Waals surface area contributed by atoms with Crippen LogP contribution in [0.5, 0.6) is 0 Å². The van der Waals surface area contributed by atoms with Gasteiger partial charge in [-0.15, -0.1) is 0 Å². The van der Waals surface area contributed by atoms with Crippen molar-refractivity contribution in [1.82, 2.24) is 0 Å². The summed E-state index contributed by atoms with van der Waals surface area (Å²) in [6.45, 7) is 1.97. The van der Waals surface area contributed by atoms with Gasteiger partial charge in [0, 0.05) is 14.0 Å². The monoisotopic (exact) mass is 401 g/mol. The van der Waals surface area contributed by atoms with Crippen molar-refractivity contribution in [3.05, 3.63) is 61.5 Å². The van der Waals surface area contributed by atoms with Gasteiger partial charge in [0.15, 0.2) is 0 Å². The summed E-state index contributed by atoms with van der Waals surface area (Å²) in [6, 6.07) is 10.9. The van der Waals surface area contributed by atoms with Crippen LogP contribution in [0.25, 0.3) is 0 Å². The minimum Gasteiger partial charge on any atom is -0.321 e. The van der Waals surface area contributed by atoms with Gasteiger partial charge in [0.1, 0.15) is 0 Å². The molecule has 0 aliphatic heterocycles. The molecule has 0 atom stereocenters. The lowest BCUT2D eigenvalue weighted by Gasteiger charge is -2.10. The number of nitrogens with one attached hydrogen (secondary N) is 1. The van der Waals surface area contributed by atoms with Crippen LogP contribution in [0, 0.1) is 6.92 Å². The Bertz CT molecular complexity index is 643. The van der Waals surface area contributed by atoms with Crippen molar-refractivity contribution in [2.24, 2.45) is 0 Å². The van der Waals surface area contributed by atoms with Crippen molar-refractivity contribution in [2.45, 2.75) is 6.92 Å². The van der Waals surface area contributed by atoms with Gasteiger partial charge >= 0.3 is 0 Å². The van der Waals surface area contributed by atoms with Gasteiger partial charge in [0.2, 0.25) is 0 Å². The highest BCUT2D eigenvalue weighted by Gasteiger charge is 2.12. The van der Waals surface area contributed by atoms with Crippen LogP contribution in [0.4, 0.5) is 5.69 Å². The molecule has 0 saturated heterocycles. The van der Waals surface area contributed by atoms with Crippen molar-refractivity contribution in [3.63, 3.8) is 0 Å². The lowest BCUT2D eigenvalue weighted by molar-refractivity contribution is 0.102. The number of anilines is 1. The number of carbonyl (C=O) groups excluding carboxylic acids is 1.